The number of carbonyl (C=O) groups excluding carboxylic acids is 2. The number of hydrogen-bond acceptors (Lipinski definition) is 6. The molecular formula is C34H67O8P. The summed E-state index contributed by atoms with van der Waals surface area (Å²) in [6.45, 7) is 3.66. The second-order valence-electron chi connectivity index (χ2n) is 12.2. The van der Waals surface area contributed by atoms with E-state index in [1.54, 1.807) is 0 Å². The van der Waals surface area contributed by atoms with Crippen molar-refractivity contribution in [2.24, 2.45) is 0 Å². The fourth-order valence-electron chi connectivity index (χ4n) is 5.20. The molecule has 0 aromatic heterocycles. The number of carbonyl (C=O) groups is 2. The molecule has 0 bridgehead atoms. The molecule has 0 saturated carbocycles. The van der Waals surface area contributed by atoms with E-state index in [0.29, 0.717) is 6.42 Å². The molecule has 0 aromatic rings. The highest BCUT2D eigenvalue weighted by molar-refractivity contribution is 7.46. The van der Waals surface area contributed by atoms with E-state index in [1.807, 2.05) is 0 Å². The van der Waals surface area contributed by atoms with Gasteiger partial charge in [-0.25, -0.2) is 4.57 Å². The smallest absolute Gasteiger partial charge is 0.462 e. The maximum Gasteiger partial charge on any atom is 0.469 e. The predicted molar refractivity (Wildman–Crippen MR) is 175 cm³/mol. The maximum atomic E-state index is 12.3. The predicted octanol–water partition coefficient (Wildman–Crippen LogP) is 10.1. The molecule has 9 heteroatoms. The number of ether oxygens (including phenoxy) is 2. The van der Waals surface area contributed by atoms with Crippen molar-refractivity contribution in [2.45, 2.75) is 193 Å². The second kappa shape index (κ2) is 31.0. The van der Waals surface area contributed by atoms with Crippen molar-refractivity contribution in [3.05, 3.63) is 0 Å². The molecule has 0 rings (SSSR count). The molecule has 0 spiro atoms. The van der Waals surface area contributed by atoms with Crippen LogP contribution in [0.4, 0.5) is 0 Å². The van der Waals surface area contributed by atoms with Gasteiger partial charge in [0.25, 0.3) is 0 Å². The minimum atomic E-state index is -4.73. The third-order valence-electron chi connectivity index (χ3n) is 7.88. The lowest BCUT2D eigenvalue weighted by atomic mass is 10.0. The summed E-state index contributed by atoms with van der Waals surface area (Å²) in [6.07, 6.45) is 29.7. The van der Waals surface area contributed by atoms with Crippen LogP contribution in [0.15, 0.2) is 0 Å². The molecule has 0 heterocycles. The molecule has 256 valence electrons. The van der Waals surface area contributed by atoms with Gasteiger partial charge in [0.1, 0.15) is 6.61 Å². The van der Waals surface area contributed by atoms with E-state index < -0.39 is 32.5 Å². The van der Waals surface area contributed by atoms with E-state index in [4.69, 9.17) is 19.3 Å². The van der Waals surface area contributed by atoms with Crippen molar-refractivity contribution >= 4 is 19.8 Å². The van der Waals surface area contributed by atoms with Gasteiger partial charge in [-0.05, 0) is 12.8 Å². The molecule has 0 aliphatic carbocycles. The van der Waals surface area contributed by atoms with Crippen LogP contribution in [-0.2, 0) is 28.2 Å². The van der Waals surface area contributed by atoms with Gasteiger partial charge in [0.05, 0.1) is 6.61 Å². The van der Waals surface area contributed by atoms with Crippen LogP contribution in [-0.4, -0.2) is 41.0 Å². The van der Waals surface area contributed by atoms with Crippen molar-refractivity contribution in [3.63, 3.8) is 0 Å². The molecular weight excluding hydrogens is 567 g/mol. The molecule has 0 aliphatic rings. The zero-order valence-electron chi connectivity index (χ0n) is 27.9. The summed E-state index contributed by atoms with van der Waals surface area (Å²) in [7, 11) is -4.73. The quantitative estimate of drug-likeness (QED) is 0.0416. The third-order valence-corrected chi connectivity index (χ3v) is 8.36. The Labute approximate surface area is 264 Å². The lowest BCUT2D eigenvalue weighted by Crippen LogP contribution is -2.29. The van der Waals surface area contributed by atoms with Crippen LogP contribution in [0, 0.1) is 0 Å². The van der Waals surface area contributed by atoms with Gasteiger partial charge in [-0.1, -0.05) is 162 Å². The van der Waals surface area contributed by atoms with Crippen LogP contribution in [0.25, 0.3) is 0 Å². The summed E-state index contributed by atoms with van der Waals surface area (Å²) >= 11 is 0. The van der Waals surface area contributed by atoms with E-state index in [0.717, 1.165) is 32.1 Å². The molecule has 0 unspecified atom stereocenters. The van der Waals surface area contributed by atoms with Crippen molar-refractivity contribution in [3.8, 4) is 0 Å². The molecule has 0 aliphatic heterocycles. The normalized spacial score (nSPS) is 12.4. The van der Waals surface area contributed by atoms with Gasteiger partial charge in [0.2, 0.25) is 0 Å². The lowest BCUT2D eigenvalue weighted by molar-refractivity contribution is -0.161. The Morgan fingerprint density at radius 1 is 0.512 bits per heavy atom. The zero-order valence-corrected chi connectivity index (χ0v) is 28.8. The van der Waals surface area contributed by atoms with Crippen LogP contribution < -0.4 is 0 Å². The summed E-state index contributed by atoms with van der Waals surface area (Å²) in [5.74, 6) is -0.877. The first-order chi connectivity index (χ1) is 20.8. The minimum absolute atomic E-state index is 0.219. The van der Waals surface area contributed by atoms with Crippen LogP contribution in [0.3, 0.4) is 0 Å². The molecule has 0 aromatic carbocycles. The monoisotopic (exact) mass is 634 g/mol. The van der Waals surface area contributed by atoms with Crippen molar-refractivity contribution in [1.82, 2.24) is 0 Å². The van der Waals surface area contributed by atoms with E-state index in [9.17, 15) is 14.2 Å². The molecule has 43 heavy (non-hydrogen) atoms. The Balaban J connectivity index is 3.92. The van der Waals surface area contributed by atoms with Crippen molar-refractivity contribution in [1.29, 1.82) is 0 Å². The van der Waals surface area contributed by atoms with Gasteiger partial charge in [-0.3, -0.25) is 14.1 Å². The van der Waals surface area contributed by atoms with Gasteiger partial charge in [-0.15, -0.1) is 0 Å². The highest BCUT2D eigenvalue weighted by atomic mass is 31.2. The van der Waals surface area contributed by atoms with E-state index in [-0.39, 0.29) is 19.4 Å². The molecule has 8 nitrogen and oxygen atoms in total. The molecule has 1 atom stereocenters. The molecule has 0 fully saturated rings. The summed E-state index contributed by atoms with van der Waals surface area (Å²) in [6, 6.07) is 0. The SMILES string of the molecule is CCCCCCCCCCCCCCCCCCC(=O)O[C@H](COC(=O)CCCCCCCCCCC)COP(=O)(O)O. The number of unbranched alkanes of at least 4 members (excludes halogenated alkanes) is 23. The van der Waals surface area contributed by atoms with E-state index in [2.05, 4.69) is 18.4 Å². The van der Waals surface area contributed by atoms with Crippen LogP contribution in [0.2, 0.25) is 0 Å². The zero-order chi connectivity index (χ0) is 31.9. The Hall–Kier alpha value is -0.950. The van der Waals surface area contributed by atoms with Crippen molar-refractivity contribution < 1.29 is 37.9 Å². The standard InChI is InChI=1S/C34H67O8P/c1-3-5-7-9-11-13-14-15-16-17-18-19-21-23-25-27-29-34(36)42-32(31-41-43(37,38)39)30-40-33(35)28-26-24-22-20-12-10-8-6-4-2/h32H,3-31H2,1-2H3,(H2,37,38,39)/t32-/m1/s1. The lowest BCUT2D eigenvalue weighted by Gasteiger charge is -2.18. The van der Waals surface area contributed by atoms with Gasteiger partial charge >= 0.3 is 19.8 Å². The Morgan fingerprint density at radius 2 is 0.837 bits per heavy atom. The van der Waals surface area contributed by atoms with Crippen molar-refractivity contribution in [2.75, 3.05) is 13.2 Å². The maximum absolute atomic E-state index is 12.3. The topological polar surface area (TPSA) is 119 Å². The highest BCUT2D eigenvalue weighted by Gasteiger charge is 2.22. The average molecular weight is 635 g/mol. The van der Waals surface area contributed by atoms with Gasteiger partial charge in [0.15, 0.2) is 6.10 Å². The van der Waals surface area contributed by atoms with E-state index >= 15 is 0 Å². The summed E-state index contributed by atoms with van der Waals surface area (Å²) < 4.78 is 26.2. The number of phosphoric acid groups is 1. The first kappa shape index (κ1) is 42.0. The minimum Gasteiger partial charge on any atom is -0.462 e. The fraction of sp³-hybridized carbons (Fsp3) is 0.941. The molecule has 2 N–H and O–H groups in total. The summed E-state index contributed by atoms with van der Waals surface area (Å²) in [5, 5.41) is 0. The first-order valence-electron chi connectivity index (χ1n) is 17.8. The third kappa shape index (κ3) is 33.8. The number of esters is 2. The van der Waals surface area contributed by atoms with Crippen LogP contribution in [0.5, 0.6) is 0 Å². The Kier molecular flexibility index (Phi) is 30.4. The summed E-state index contributed by atoms with van der Waals surface area (Å²) in [5.41, 5.74) is 0. The Bertz CT molecular complexity index is 681. The first-order valence-corrected chi connectivity index (χ1v) is 19.4. The number of rotatable bonds is 33. The largest absolute Gasteiger partial charge is 0.469 e. The summed E-state index contributed by atoms with van der Waals surface area (Å²) in [4.78, 5) is 42.5. The van der Waals surface area contributed by atoms with Crippen LogP contribution in [0.1, 0.15) is 187 Å². The fourth-order valence-corrected chi connectivity index (χ4v) is 5.56. The van der Waals surface area contributed by atoms with E-state index in [1.165, 1.54) is 122 Å². The second-order valence-corrected chi connectivity index (χ2v) is 13.5. The molecule has 0 radical (unpaired) electrons. The van der Waals surface area contributed by atoms with Gasteiger partial charge < -0.3 is 19.3 Å². The average Bonchev–Trinajstić information content (AvgIpc) is 2.97. The number of phosphoric ester groups is 1. The van der Waals surface area contributed by atoms with Gasteiger partial charge in [0, 0.05) is 12.8 Å². The highest BCUT2D eigenvalue weighted by Crippen LogP contribution is 2.36. The van der Waals surface area contributed by atoms with Gasteiger partial charge in [-0.2, -0.15) is 0 Å². The Morgan fingerprint density at radius 3 is 1.19 bits per heavy atom. The van der Waals surface area contributed by atoms with Crippen LogP contribution >= 0.6 is 7.82 Å². The molecule has 0 saturated heterocycles. The molecule has 0 amide bonds. The number of hydrogen-bond donors (Lipinski definition) is 2.